The lowest BCUT2D eigenvalue weighted by Crippen LogP contribution is -2.42. The highest BCUT2D eigenvalue weighted by Gasteiger charge is 2.36. The van der Waals surface area contributed by atoms with Crippen LogP contribution in [-0.4, -0.2) is 17.3 Å². The molecule has 0 spiro atoms. The SMILES string of the molecule is CC1(C)CCC(O)(CNc2c(N)cccc2Cl)CC1. The molecule has 0 atom stereocenters. The first-order valence-electron chi connectivity index (χ1n) is 6.82. The Kier molecular flexibility index (Phi) is 3.98. The summed E-state index contributed by atoms with van der Waals surface area (Å²) < 4.78 is 0. The van der Waals surface area contributed by atoms with Crippen LogP contribution in [0.1, 0.15) is 39.5 Å². The van der Waals surface area contributed by atoms with E-state index in [2.05, 4.69) is 19.2 Å². The maximum Gasteiger partial charge on any atom is 0.0819 e. The molecule has 106 valence electrons. The molecule has 1 aliphatic rings. The van der Waals surface area contributed by atoms with Crippen LogP contribution in [0.4, 0.5) is 11.4 Å². The van der Waals surface area contributed by atoms with Crippen molar-refractivity contribution in [2.24, 2.45) is 5.41 Å². The molecule has 1 saturated carbocycles. The van der Waals surface area contributed by atoms with Crippen LogP contribution in [0, 0.1) is 5.41 Å². The number of hydrogen-bond acceptors (Lipinski definition) is 3. The molecule has 19 heavy (non-hydrogen) atoms. The van der Waals surface area contributed by atoms with Gasteiger partial charge in [-0.05, 0) is 43.2 Å². The highest BCUT2D eigenvalue weighted by molar-refractivity contribution is 6.33. The number of para-hydroxylation sites is 1. The van der Waals surface area contributed by atoms with E-state index in [-0.39, 0.29) is 0 Å². The molecule has 0 aromatic heterocycles. The third-order valence-corrected chi connectivity index (χ3v) is 4.49. The second kappa shape index (κ2) is 5.22. The number of nitrogens with one attached hydrogen (secondary N) is 1. The Labute approximate surface area is 120 Å². The summed E-state index contributed by atoms with van der Waals surface area (Å²) in [4.78, 5) is 0. The number of hydrogen-bond donors (Lipinski definition) is 3. The van der Waals surface area contributed by atoms with Crippen molar-refractivity contribution in [1.82, 2.24) is 0 Å². The smallest absolute Gasteiger partial charge is 0.0819 e. The Balaban J connectivity index is 1.99. The molecule has 0 saturated heterocycles. The lowest BCUT2D eigenvalue weighted by atomic mass is 9.71. The number of aliphatic hydroxyl groups is 1. The number of nitrogen functional groups attached to an aromatic ring is 1. The Hall–Kier alpha value is -0.930. The molecule has 1 aromatic rings. The molecular weight excluding hydrogens is 260 g/mol. The molecule has 1 fully saturated rings. The lowest BCUT2D eigenvalue weighted by Gasteiger charge is -2.40. The lowest BCUT2D eigenvalue weighted by molar-refractivity contribution is -0.0145. The molecule has 0 radical (unpaired) electrons. The minimum absolute atomic E-state index is 0.343. The standard InChI is InChI=1S/C15H23ClN2O/c1-14(2)6-8-15(19,9-7-14)10-18-13-11(16)4-3-5-12(13)17/h3-5,18-19H,6-10,17H2,1-2H3. The van der Waals surface area contributed by atoms with Gasteiger partial charge in [0.15, 0.2) is 0 Å². The van der Waals surface area contributed by atoms with Crippen molar-refractivity contribution in [2.75, 3.05) is 17.6 Å². The molecule has 0 unspecified atom stereocenters. The van der Waals surface area contributed by atoms with Gasteiger partial charge in [-0.25, -0.2) is 0 Å². The quantitative estimate of drug-likeness (QED) is 0.742. The van der Waals surface area contributed by atoms with E-state index in [0.29, 0.717) is 22.7 Å². The monoisotopic (exact) mass is 282 g/mol. The van der Waals surface area contributed by atoms with E-state index in [4.69, 9.17) is 17.3 Å². The van der Waals surface area contributed by atoms with Crippen LogP contribution in [0.15, 0.2) is 18.2 Å². The molecule has 0 bridgehead atoms. The summed E-state index contributed by atoms with van der Waals surface area (Å²) in [5.74, 6) is 0. The minimum Gasteiger partial charge on any atom is -0.397 e. The zero-order valence-electron chi connectivity index (χ0n) is 11.7. The number of anilines is 2. The maximum atomic E-state index is 10.6. The fraction of sp³-hybridized carbons (Fsp3) is 0.600. The topological polar surface area (TPSA) is 58.3 Å². The van der Waals surface area contributed by atoms with Gasteiger partial charge in [-0.3, -0.25) is 0 Å². The van der Waals surface area contributed by atoms with Crippen LogP contribution in [0.25, 0.3) is 0 Å². The molecule has 1 aliphatic carbocycles. The molecule has 4 heteroatoms. The van der Waals surface area contributed by atoms with Crippen LogP contribution >= 0.6 is 11.6 Å². The summed E-state index contributed by atoms with van der Waals surface area (Å²) in [6.45, 7) is 5.01. The van der Waals surface area contributed by atoms with Crippen molar-refractivity contribution in [3.63, 3.8) is 0 Å². The number of halogens is 1. The van der Waals surface area contributed by atoms with Gasteiger partial charge in [-0.2, -0.15) is 0 Å². The van der Waals surface area contributed by atoms with Gasteiger partial charge < -0.3 is 16.2 Å². The number of rotatable bonds is 3. The normalized spacial score (nSPS) is 21.1. The van der Waals surface area contributed by atoms with Crippen molar-refractivity contribution in [3.05, 3.63) is 23.2 Å². The van der Waals surface area contributed by atoms with Crippen molar-refractivity contribution in [2.45, 2.75) is 45.1 Å². The molecule has 0 heterocycles. The van der Waals surface area contributed by atoms with E-state index in [1.807, 2.05) is 12.1 Å². The fourth-order valence-electron chi connectivity index (χ4n) is 2.55. The summed E-state index contributed by atoms with van der Waals surface area (Å²) in [5.41, 5.74) is 6.93. The van der Waals surface area contributed by atoms with Crippen molar-refractivity contribution < 1.29 is 5.11 Å². The van der Waals surface area contributed by atoms with Gasteiger partial charge in [0.25, 0.3) is 0 Å². The summed E-state index contributed by atoms with van der Waals surface area (Å²) in [6, 6.07) is 5.43. The number of benzene rings is 1. The Morgan fingerprint density at radius 3 is 2.47 bits per heavy atom. The largest absolute Gasteiger partial charge is 0.397 e. The Morgan fingerprint density at radius 2 is 1.89 bits per heavy atom. The predicted octanol–water partition coefficient (Wildman–Crippen LogP) is 3.67. The average molecular weight is 283 g/mol. The van der Waals surface area contributed by atoms with Crippen LogP contribution in [0.3, 0.4) is 0 Å². The van der Waals surface area contributed by atoms with Crippen molar-refractivity contribution in [3.8, 4) is 0 Å². The molecule has 1 aromatic carbocycles. The van der Waals surface area contributed by atoms with Gasteiger partial charge in [0.05, 0.1) is 22.0 Å². The zero-order chi connectivity index (χ0) is 14.1. The maximum absolute atomic E-state index is 10.6. The zero-order valence-corrected chi connectivity index (χ0v) is 12.4. The molecule has 3 nitrogen and oxygen atoms in total. The van der Waals surface area contributed by atoms with E-state index in [1.165, 1.54) is 0 Å². The predicted molar refractivity (Wildman–Crippen MR) is 81.6 cm³/mol. The number of nitrogens with two attached hydrogens (primary N) is 1. The second-order valence-electron chi connectivity index (χ2n) is 6.45. The van der Waals surface area contributed by atoms with Crippen LogP contribution in [0.2, 0.25) is 5.02 Å². The van der Waals surface area contributed by atoms with E-state index < -0.39 is 5.60 Å². The summed E-state index contributed by atoms with van der Waals surface area (Å²) in [7, 11) is 0. The average Bonchev–Trinajstić information content (AvgIpc) is 2.33. The van der Waals surface area contributed by atoms with Crippen molar-refractivity contribution >= 4 is 23.0 Å². The highest BCUT2D eigenvalue weighted by atomic mass is 35.5. The Bertz CT molecular complexity index is 429. The first-order valence-corrected chi connectivity index (χ1v) is 7.19. The van der Waals surface area contributed by atoms with Crippen molar-refractivity contribution in [1.29, 1.82) is 0 Å². The fourth-order valence-corrected chi connectivity index (χ4v) is 2.80. The van der Waals surface area contributed by atoms with Crippen LogP contribution in [-0.2, 0) is 0 Å². The van der Waals surface area contributed by atoms with Crippen LogP contribution < -0.4 is 11.1 Å². The summed E-state index contributed by atoms with van der Waals surface area (Å²) in [6.07, 6.45) is 3.72. The molecule has 4 N–H and O–H groups in total. The van der Waals surface area contributed by atoms with Gasteiger partial charge in [-0.15, -0.1) is 0 Å². The van der Waals surface area contributed by atoms with E-state index in [9.17, 15) is 5.11 Å². The van der Waals surface area contributed by atoms with E-state index in [1.54, 1.807) is 6.07 Å². The van der Waals surface area contributed by atoms with Gasteiger partial charge in [-0.1, -0.05) is 31.5 Å². The van der Waals surface area contributed by atoms with Crippen LogP contribution in [0.5, 0.6) is 0 Å². The Morgan fingerprint density at radius 1 is 1.26 bits per heavy atom. The first kappa shape index (κ1) is 14.5. The van der Waals surface area contributed by atoms with Gasteiger partial charge in [0.1, 0.15) is 0 Å². The first-order chi connectivity index (χ1) is 8.81. The minimum atomic E-state index is -0.652. The second-order valence-corrected chi connectivity index (χ2v) is 6.85. The van der Waals surface area contributed by atoms with Gasteiger partial charge in [0.2, 0.25) is 0 Å². The summed E-state index contributed by atoms with van der Waals surface area (Å²) >= 11 is 6.11. The third-order valence-electron chi connectivity index (χ3n) is 4.17. The molecule has 0 aliphatic heterocycles. The van der Waals surface area contributed by atoms with Gasteiger partial charge >= 0.3 is 0 Å². The molecule has 2 rings (SSSR count). The van der Waals surface area contributed by atoms with E-state index in [0.717, 1.165) is 31.4 Å². The van der Waals surface area contributed by atoms with E-state index >= 15 is 0 Å². The molecule has 0 amide bonds. The van der Waals surface area contributed by atoms with Gasteiger partial charge in [0, 0.05) is 6.54 Å². The summed E-state index contributed by atoms with van der Waals surface area (Å²) in [5, 5.41) is 14.4. The molecular formula is C15H23ClN2O. The third kappa shape index (κ3) is 3.54. The highest BCUT2D eigenvalue weighted by Crippen LogP contribution is 2.40.